The van der Waals surface area contributed by atoms with Crippen molar-refractivity contribution in [1.82, 2.24) is 0 Å². The van der Waals surface area contributed by atoms with Gasteiger partial charge in [0.1, 0.15) is 5.60 Å². The van der Waals surface area contributed by atoms with Crippen LogP contribution >= 0.6 is 0 Å². The van der Waals surface area contributed by atoms with Gasteiger partial charge in [-0.15, -0.1) is 0 Å². The first-order chi connectivity index (χ1) is 7.27. The topological polar surface area (TPSA) is 55.6 Å². The zero-order chi connectivity index (χ0) is 12.4. The second-order valence-electron chi connectivity index (χ2n) is 4.74. The molecule has 5 heteroatoms. The van der Waals surface area contributed by atoms with Crippen molar-refractivity contribution in [2.24, 2.45) is 5.73 Å². The number of hydrogen-bond acceptors (Lipinski definition) is 3. The van der Waals surface area contributed by atoms with Crippen LogP contribution < -0.4 is 5.73 Å². The molecule has 0 amide bonds. The van der Waals surface area contributed by atoms with E-state index in [2.05, 4.69) is 0 Å². The molecule has 1 saturated heterocycles. The van der Waals surface area contributed by atoms with Gasteiger partial charge in [0.2, 0.25) is 5.92 Å². The Morgan fingerprint density at radius 2 is 1.81 bits per heavy atom. The number of hydrogen-bond donors (Lipinski definition) is 1. The molecule has 0 spiro atoms. The molecule has 2 unspecified atom stereocenters. The van der Waals surface area contributed by atoms with Crippen LogP contribution in [0.5, 0.6) is 0 Å². The Balaban J connectivity index is 0.000000165. The summed E-state index contributed by atoms with van der Waals surface area (Å²) < 4.78 is 28.8. The first kappa shape index (κ1) is 13.5. The highest BCUT2D eigenvalue weighted by Gasteiger charge is 2.47. The van der Waals surface area contributed by atoms with Gasteiger partial charge in [0.05, 0.1) is 12.6 Å². The third-order valence-corrected chi connectivity index (χ3v) is 2.85. The zero-order valence-corrected chi connectivity index (χ0v) is 9.76. The Kier molecular flexibility index (Phi) is 4.02. The lowest BCUT2D eigenvalue weighted by atomic mass is 10.0. The summed E-state index contributed by atoms with van der Waals surface area (Å²) in [7, 11) is 0. The van der Waals surface area contributed by atoms with Gasteiger partial charge in [-0.3, -0.25) is 4.79 Å². The SMILES string of the molecule is CC(N)C(=O)C1(C)CO1.FC1(F)CCCC1. The van der Waals surface area contributed by atoms with E-state index in [1.807, 2.05) is 0 Å². The van der Waals surface area contributed by atoms with E-state index < -0.39 is 17.6 Å². The average Bonchev–Trinajstić information content (AvgIpc) is 2.80. The number of carbonyl (C=O) groups is 1. The molecule has 0 aromatic rings. The standard InChI is InChI=1S/C6H11NO2.C5H8F2/c1-4(7)5(8)6(2)3-9-6;6-5(7)3-1-2-4-5/h4H,3,7H2,1-2H3;1-4H2. The van der Waals surface area contributed by atoms with Crippen LogP contribution in [0.25, 0.3) is 0 Å². The second-order valence-corrected chi connectivity index (χ2v) is 4.74. The minimum Gasteiger partial charge on any atom is -0.362 e. The van der Waals surface area contributed by atoms with Crippen LogP contribution in [0, 0.1) is 0 Å². The number of epoxide rings is 1. The molecule has 0 aromatic carbocycles. The van der Waals surface area contributed by atoms with Crippen LogP contribution in [-0.4, -0.2) is 30.0 Å². The summed E-state index contributed by atoms with van der Waals surface area (Å²) >= 11 is 0. The molecule has 94 valence electrons. The maximum Gasteiger partial charge on any atom is 0.248 e. The molecule has 16 heavy (non-hydrogen) atoms. The van der Waals surface area contributed by atoms with E-state index in [0.29, 0.717) is 19.4 Å². The van der Waals surface area contributed by atoms with Crippen molar-refractivity contribution in [2.75, 3.05) is 6.61 Å². The molecule has 1 saturated carbocycles. The average molecular weight is 235 g/mol. The Hall–Kier alpha value is -0.550. The summed E-state index contributed by atoms with van der Waals surface area (Å²) in [5.41, 5.74) is 4.80. The van der Waals surface area contributed by atoms with Gasteiger partial charge in [0, 0.05) is 12.8 Å². The summed E-state index contributed by atoms with van der Waals surface area (Å²) in [6.45, 7) is 3.97. The van der Waals surface area contributed by atoms with Crippen LogP contribution in [0.4, 0.5) is 8.78 Å². The summed E-state index contributed by atoms with van der Waals surface area (Å²) in [5.74, 6) is -2.30. The minimum absolute atomic E-state index is 0.00231. The molecule has 2 aliphatic rings. The van der Waals surface area contributed by atoms with E-state index in [0.717, 1.165) is 0 Å². The van der Waals surface area contributed by atoms with Crippen LogP contribution in [0.1, 0.15) is 39.5 Å². The summed E-state index contributed by atoms with van der Waals surface area (Å²) in [6.07, 6.45) is 1.67. The van der Waals surface area contributed by atoms with E-state index >= 15 is 0 Å². The molecule has 2 fully saturated rings. The molecule has 0 radical (unpaired) electrons. The predicted octanol–water partition coefficient (Wildman–Crippen LogP) is 1.89. The van der Waals surface area contributed by atoms with E-state index in [-0.39, 0.29) is 18.6 Å². The van der Waals surface area contributed by atoms with E-state index in [9.17, 15) is 13.6 Å². The highest BCUT2D eigenvalue weighted by molar-refractivity contribution is 5.93. The van der Waals surface area contributed by atoms with Gasteiger partial charge in [-0.25, -0.2) is 8.78 Å². The first-order valence-corrected chi connectivity index (χ1v) is 5.58. The maximum atomic E-state index is 11.9. The normalized spacial score (nSPS) is 32.6. The molecule has 3 nitrogen and oxygen atoms in total. The molecule has 1 aliphatic heterocycles. The van der Waals surface area contributed by atoms with Crippen LogP contribution in [0.2, 0.25) is 0 Å². The Bertz CT molecular complexity index is 255. The number of nitrogens with two attached hydrogens (primary N) is 1. The second kappa shape index (κ2) is 4.75. The lowest BCUT2D eigenvalue weighted by Gasteiger charge is -2.05. The van der Waals surface area contributed by atoms with Crippen molar-refractivity contribution in [2.45, 2.75) is 57.1 Å². The fraction of sp³-hybridized carbons (Fsp3) is 0.909. The van der Waals surface area contributed by atoms with Crippen LogP contribution in [-0.2, 0) is 9.53 Å². The third-order valence-electron chi connectivity index (χ3n) is 2.85. The van der Waals surface area contributed by atoms with E-state index in [1.54, 1.807) is 13.8 Å². The van der Waals surface area contributed by atoms with Gasteiger partial charge in [0.15, 0.2) is 5.78 Å². The number of ketones is 1. The van der Waals surface area contributed by atoms with Crippen molar-refractivity contribution in [3.05, 3.63) is 0 Å². The van der Waals surface area contributed by atoms with Crippen molar-refractivity contribution in [3.63, 3.8) is 0 Å². The van der Waals surface area contributed by atoms with Gasteiger partial charge in [0.25, 0.3) is 0 Å². The fourth-order valence-corrected chi connectivity index (χ4v) is 1.62. The Morgan fingerprint density at radius 1 is 1.38 bits per heavy atom. The molecule has 2 N–H and O–H groups in total. The van der Waals surface area contributed by atoms with Gasteiger partial charge in [-0.05, 0) is 26.7 Å². The van der Waals surface area contributed by atoms with Crippen molar-refractivity contribution in [1.29, 1.82) is 0 Å². The highest BCUT2D eigenvalue weighted by atomic mass is 19.3. The molecule has 0 bridgehead atoms. The van der Waals surface area contributed by atoms with Crippen LogP contribution in [0.3, 0.4) is 0 Å². The molecule has 2 atom stereocenters. The fourth-order valence-electron chi connectivity index (χ4n) is 1.62. The van der Waals surface area contributed by atoms with Crippen molar-refractivity contribution >= 4 is 5.78 Å². The van der Waals surface area contributed by atoms with Gasteiger partial charge >= 0.3 is 0 Å². The van der Waals surface area contributed by atoms with Crippen molar-refractivity contribution < 1.29 is 18.3 Å². The molecule has 0 aromatic heterocycles. The molecular formula is C11H19F2NO2. The van der Waals surface area contributed by atoms with E-state index in [4.69, 9.17) is 10.5 Å². The minimum atomic E-state index is -2.31. The van der Waals surface area contributed by atoms with Crippen LogP contribution in [0.15, 0.2) is 0 Å². The zero-order valence-electron chi connectivity index (χ0n) is 9.76. The number of carbonyl (C=O) groups excluding carboxylic acids is 1. The number of halogens is 2. The smallest absolute Gasteiger partial charge is 0.248 e. The predicted molar refractivity (Wildman–Crippen MR) is 56.4 cm³/mol. The summed E-state index contributed by atoms with van der Waals surface area (Å²) in [4.78, 5) is 11.0. The van der Waals surface area contributed by atoms with Crippen molar-refractivity contribution in [3.8, 4) is 0 Å². The maximum absolute atomic E-state index is 11.9. The first-order valence-electron chi connectivity index (χ1n) is 5.58. The quantitative estimate of drug-likeness (QED) is 0.743. The van der Waals surface area contributed by atoms with Gasteiger partial charge in [-0.2, -0.15) is 0 Å². The molecule has 2 rings (SSSR count). The number of alkyl halides is 2. The summed E-state index contributed by atoms with van der Waals surface area (Å²) in [5, 5.41) is 0. The molecule has 1 aliphatic carbocycles. The Morgan fingerprint density at radius 3 is 1.94 bits per heavy atom. The monoisotopic (exact) mass is 235 g/mol. The Labute approximate surface area is 94.3 Å². The highest BCUT2D eigenvalue weighted by Crippen LogP contribution is 2.33. The molecule has 1 heterocycles. The summed E-state index contributed by atoms with van der Waals surface area (Å²) in [6, 6.07) is -0.391. The van der Waals surface area contributed by atoms with E-state index in [1.165, 1.54) is 0 Å². The lowest BCUT2D eigenvalue weighted by molar-refractivity contribution is -0.124. The van der Waals surface area contributed by atoms with Gasteiger partial charge in [-0.1, -0.05) is 0 Å². The third kappa shape index (κ3) is 3.79. The van der Waals surface area contributed by atoms with Gasteiger partial charge < -0.3 is 10.5 Å². The number of ether oxygens (including phenoxy) is 1. The number of rotatable bonds is 2. The number of Topliss-reactive ketones (excluding diaryl/α,β-unsaturated/α-hetero) is 1. The molecular weight excluding hydrogens is 216 g/mol. The largest absolute Gasteiger partial charge is 0.362 e. The lowest BCUT2D eigenvalue weighted by Crippen LogP contribution is -2.36.